The van der Waals surface area contributed by atoms with Crippen molar-refractivity contribution in [1.29, 1.82) is 5.26 Å². The fourth-order valence-electron chi connectivity index (χ4n) is 2.71. The van der Waals surface area contributed by atoms with E-state index < -0.39 is 0 Å². The Bertz CT molecular complexity index is 770. The minimum absolute atomic E-state index is 0.183. The Balaban J connectivity index is 2.13. The third-order valence-corrected chi connectivity index (χ3v) is 3.87. The number of fused-ring (bicyclic) bond motifs is 1. The van der Waals surface area contributed by atoms with Crippen molar-refractivity contribution >= 4 is 5.69 Å². The molecule has 0 saturated carbocycles. The lowest BCUT2D eigenvalue weighted by Crippen LogP contribution is -2.21. The summed E-state index contributed by atoms with van der Waals surface area (Å²) in [5.41, 5.74) is 9.49. The third-order valence-electron chi connectivity index (χ3n) is 3.87. The quantitative estimate of drug-likeness (QED) is 0.924. The molecule has 0 spiro atoms. The van der Waals surface area contributed by atoms with Gasteiger partial charge in [-0.15, -0.1) is 0 Å². The molecule has 2 aromatic carbocycles. The summed E-state index contributed by atoms with van der Waals surface area (Å²) in [5, 5.41) is 9.49. The number of para-hydroxylation sites is 1. The van der Waals surface area contributed by atoms with Gasteiger partial charge in [-0.05, 0) is 23.8 Å². The largest absolute Gasteiger partial charge is 0.440 e. The Morgan fingerprint density at radius 1 is 1.09 bits per heavy atom. The van der Waals surface area contributed by atoms with E-state index in [9.17, 15) is 5.26 Å². The number of nitrogens with two attached hydrogens (primary N) is 1. The van der Waals surface area contributed by atoms with Crippen molar-refractivity contribution in [2.75, 3.05) is 19.0 Å². The van der Waals surface area contributed by atoms with Gasteiger partial charge in [0.1, 0.15) is 17.4 Å². The number of rotatable bonds is 2. The molecule has 4 heteroatoms. The minimum Gasteiger partial charge on any atom is -0.440 e. The lowest BCUT2D eigenvalue weighted by Gasteiger charge is -2.26. The van der Waals surface area contributed by atoms with Crippen LogP contribution in [0.1, 0.15) is 17.0 Å². The van der Waals surface area contributed by atoms with Crippen LogP contribution < -0.4 is 15.4 Å². The Kier molecular flexibility index (Phi) is 3.48. The molecule has 1 aliphatic rings. The van der Waals surface area contributed by atoms with Gasteiger partial charge >= 0.3 is 0 Å². The molecule has 1 heterocycles. The van der Waals surface area contributed by atoms with Gasteiger partial charge in [-0.1, -0.05) is 30.3 Å². The van der Waals surface area contributed by atoms with Crippen molar-refractivity contribution in [2.24, 2.45) is 5.73 Å². The highest BCUT2D eigenvalue weighted by Gasteiger charge is 2.30. The van der Waals surface area contributed by atoms with Crippen LogP contribution in [-0.4, -0.2) is 14.1 Å². The number of ether oxygens (including phenoxy) is 1. The Morgan fingerprint density at radius 2 is 1.77 bits per heavy atom. The van der Waals surface area contributed by atoms with E-state index in [1.54, 1.807) is 0 Å². The third kappa shape index (κ3) is 2.27. The summed E-state index contributed by atoms with van der Waals surface area (Å²) in [6.07, 6.45) is 0. The molecule has 0 amide bonds. The molecule has 1 aliphatic heterocycles. The van der Waals surface area contributed by atoms with Gasteiger partial charge in [-0.3, -0.25) is 0 Å². The van der Waals surface area contributed by atoms with Crippen LogP contribution in [0.4, 0.5) is 5.69 Å². The van der Waals surface area contributed by atoms with Gasteiger partial charge in [0.15, 0.2) is 0 Å². The fraction of sp³-hybridized carbons (Fsp3) is 0.167. The van der Waals surface area contributed by atoms with Gasteiger partial charge in [-0.25, -0.2) is 0 Å². The first-order valence-corrected chi connectivity index (χ1v) is 7.05. The molecule has 0 aliphatic carbocycles. The predicted molar refractivity (Wildman–Crippen MR) is 86.5 cm³/mol. The molecule has 4 nitrogen and oxygen atoms in total. The van der Waals surface area contributed by atoms with Crippen LogP contribution in [0.25, 0.3) is 0 Å². The average molecular weight is 291 g/mol. The van der Waals surface area contributed by atoms with E-state index in [1.165, 1.54) is 0 Å². The van der Waals surface area contributed by atoms with Crippen LogP contribution in [0.2, 0.25) is 0 Å². The average Bonchev–Trinajstić information content (AvgIpc) is 2.53. The van der Waals surface area contributed by atoms with E-state index in [4.69, 9.17) is 10.5 Å². The van der Waals surface area contributed by atoms with Crippen molar-refractivity contribution in [3.05, 3.63) is 71.1 Å². The number of hydrogen-bond donors (Lipinski definition) is 1. The maximum atomic E-state index is 9.49. The molecule has 2 aromatic rings. The molecule has 0 saturated heterocycles. The fourth-order valence-corrected chi connectivity index (χ4v) is 2.71. The summed E-state index contributed by atoms with van der Waals surface area (Å²) in [7, 11) is 3.99. The van der Waals surface area contributed by atoms with Crippen molar-refractivity contribution in [1.82, 2.24) is 0 Å². The summed E-state index contributed by atoms with van der Waals surface area (Å²) in [5.74, 6) is 0.703. The van der Waals surface area contributed by atoms with E-state index in [2.05, 4.69) is 6.07 Å². The van der Waals surface area contributed by atoms with Gasteiger partial charge in [0.2, 0.25) is 5.88 Å². The van der Waals surface area contributed by atoms with Gasteiger partial charge < -0.3 is 15.4 Å². The molecular weight excluding hydrogens is 274 g/mol. The highest BCUT2D eigenvalue weighted by atomic mass is 16.5. The number of benzene rings is 2. The molecule has 3 rings (SSSR count). The normalized spacial score (nSPS) is 16.5. The smallest absolute Gasteiger partial charge is 0.205 e. The van der Waals surface area contributed by atoms with Crippen LogP contribution in [-0.2, 0) is 0 Å². The standard InChI is InChI=1S/C18H17N3O/c1-21(2)13-9-7-12(8-10-13)17-14-5-3-4-6-16(14)22-18(20)15(17)11-19/h3-10,17H,20H2,1-2H3/t17-/m1/s1. The molecule has 0 fully saturated rings. The van der Waals surface area contributed by atoms with Crippen LogP contribution >= 0.6 is 0 Å². The van der Waals surface area contributed by atoms with E-state index >= 15 is 0 Å². The van der Waals surface area contributed by atoms with E-state index in [1.807, 2.05) is 67.5 Å². The van der Waals surface area contributed by atoms with Crippen LogP contribution in [0.15, 0.2) is 60.0 Å². The van der Waals surface area contributed by atoms with Crippen LogP contribution in [0.5, 0.6) is 5.75 Å². The summed E-state index contributed by atoms with van der Waals surface area (Å²) < 4.78 is 5.58. The second kappa shape index (κ2) is 5.45. The Hall–Kier alpha value is -2.93. The summed E-state index contributed by atoms with van der Waals surface area (Å²) >= 11 is 0. The Morgan fingerprint density at radius 3 is 2.41 bits per heavy atom. The molecular formula is C18H17N3O. The SMILES string of the molecule is CN(C)c1ccc([C@H]2C(C#N)=C(N)Oc3ccccc32)cc1. The lowest BCUT2D eigenvalue weighted by molar-refractivity contribution is 0.393. The molecule has 0 unspecified atom stereocenters. The predicted octanol–water partition coefficient (Wildman–Crippen LogP) is 2.97. The maximum absolute atomic E-state index is 9.49. The zero-order chi connectivity index (χ0) is 15.7. The first kappa shape index (κ1) is 14.0. The highest BCUT2D eigenvalue weighted by Crippen LogP contribution is 2.41. The molecule has 2 N–H and O–H groups in total. The van der Waals surface area contributed by atoms with Crippen molar-refractivity contribution in [3.63, 3.8) is 0 Å². The number of hydrogen-bond acceptors (Lipinski definition) is 4. The van der Waals surface area contributed by atoms with Crippen molar-refractivity contribution < 1.29 is 4.74 Å². The molecule has 22 heavy (non-hydrogen) atoms. The van der Waals surface area contributed by atoms with E-state index in [-0.39, 0.29) is 11.8 Å². The van der Waals surface area contributed by atoms with Gasteiger partial charge in [-0.2, -0.15) is 5.26 Å². The number of nitrogens with zero attached hydrogens (tertiary/aromatic N) is 2. The number of allylic oxidation sites excluding steroid dienone is 1. The van der Waals surface area contributed by atoms with Crippen molar-refractivity contribution in [2.45, 2.75) is 5.92 Å². The zero-order valence-electron chi connectivity index (χ0n) is 12.6. The zero-order valence-corrected chi connectivity index (χ0v) is 12.6. The van der Waals surface area contributed by atoms with Gasteiger partial charge in [0, 0.05) is 25.3 Å². The van der Waals surface area contributed by atoms with E-state index in [0.29, 0.717) is 11.3 Å². The minimum atomic E-state index is -0.189. The molecule has 110 valence electrons. The second-order valence-electron chi connectivity index (χ2n) is 5.45. The lowest BCUT2D eigenvalue weighted by atomic mass is 9.83. The second-order valence-corrected chi connectivity index (χ2v) is 5.45. The first-order valence-electron chi connectivity index (χ1n) is 7.05. The number of anilines is 1. The summed E-state index contributed by atoms with van der Waals surface area (Å²) in [4.78, 5) is 2.04. The summed E-state index contributed by atoms with van der Waals surface area (Å²) in [6, 6.07) is 18.0. The monoisotopic (exact) mass is 291 g/mol. The first-order chi connectivity index (χ1) is 10.6. The van der Waals surface area contributed by atoms with Gasteiger partial charge in [0.05, 0.1) is 5.92 Å². The van der Waals surface area contributed by atoms with Crippen LogP contribution in [0.3, 0.4) is 0 Å². The molecule has 1 atom stereocenters. The molecule has 0 aromatic heterocycles. The molecule has 0 radical (unpaired) electrons. The maximum Gasteiger partial charge on any atom is 0.205 e. The molecule has 0 bridgehead atoms. The topological polar surface area (TPSA) is 62.3 Å². The van der Waals surface area contributed by atoms with Gasteiger partial charge in [0.25, 0.3) is 0 Å². The Labute approximate surface area is 130 Å². The van der Waals surface area contributed by atoms with Crippen molar-refractivity contribution in [3.8, 4) is 11.8 Å². The number of nitriles is 1. The summed E-state index contributed by atoms with van der Waals surface area (Å²) in [6.45, 7) is 0. The highest BCUT2D eigenvalue weighted by molar-refractivity contribution is 5.57. The van der Waals surface area contributed by atoms with Crippen LogP contribution in [0, 0.1) is 11.3 Å². The van der Waals surface area contributed by atoms with E-state index in [0.717, 1.165) is 16.8 Å².